The van der Waals surface area contributed by atoms with Crippen LogP contribution in [0.15, 0.2) is 83.1 Å². The molecule has 8 rings (SSSR count). The Kier molecular flexibility index (Phi) is 19.4. The van der Waals surface area contributed by atoms with Crippen molar-refractivity contribution in [1.29, 1.82) is 0 Å². The fourth-order valence-electron chi connectivity index (χ4n) is 7.92. The molecule has 4 heterocycles. The molecule has 0 saturated carbocycles. The van der Waals surface area contributed by atoms with E-state index in [9.17, 15) is 53.9 Å². The Hall–Kier alpha value is -5.11. The number of Topliss-reactive ketones (excluding diaryl/α,β-unsaturated/α-hetero) is 2. The lowest BCUT2D eigenvalue weighted by Gasteiger charge is -2.29. The number of carboxylic acids is 1. The topological polar surface area (TPSA) is 175 Å². The van der Waals surface area contributed by atoms with E-state index in [1.54, 1.807) is 20.8 Å². The minimum absolute atomic E-state index is 0.0125. The zero-order valence-corrected chi connectivity index (χ0v) is 44.9. The van der Waals surface area contributed by atoms with E-state index >= 15 is 0 Å². The van der Waals surface area contributed by atoms with E-state index in [0.29, 0.717) is 18.7 Å². The summed E-state index contributed by atoms with van der Waals surface area (Å²) in [6.07, 6.45) is -16.4. The number of ketones is 2. The zero-order chi connectivity index (χ0) is 57.9. The third-order valence-corrected chi connectivity index (χ3v) is 13.2. The molecule has 2 fully saturated rings. The quantitative estimate of drug-likeness (QED) is 0.114. The van der Waals surface area contributed by atoms with Gasteiger partial charge in [0.2, 0.25) is 0 Å². The van der Waals surface area contributed by atoms with Crippen LogP contribution in [-0.4, -0.2) is 95.7 Å². The first-order valence-electron chi connectivity index (χ1n) is 22.6. The van der Waals surface area contributed by atoms with E-state index in [1.165, 1.54) is 48.5 Å². The Balaban J connectivity index is 0.000000228. The minimum Gasteiger partial charge on any atom is -0.475 e. The second-order valence-corrected chi connectivity index (χ2v) is 21.3. The first kappa shape index (κ1) is 62.1. The summed E-state index contributed by atoms with van der Waals surface area (Å²) in [6, 6.07) is 15.8. The molecule has 2 saturated heterocycles. The molecule has 0 aromatic heterocycles. The molecule has 4 aromatic carbocycles. The molecular formula is C49H41Cl6F9N4O10. The van der Waals surface area contributed by atoms with Gasteiger partial charge in [-0.2, -0.15) is 44.6 Å². The number of nitrogens with one attached hydrogen (secondary N) is 1. The van der Waals surface area contributed by atoms with Crippen molar-refractivity contribution < 1.29 is 87.9 Å². The largest absolute Gasteiger partial charge is 0.490 e. The Morgan fingerprint density at radius 3 is 1.41 bits per heavy atom. The highest BCUT2D eigenvalue weighted by atomic mass is 35.5. The molecule has 0 spiro atoms. The number of ether oxygens (including phenoxy) is 1. The highest BCUT2D eigenvalue weighted by molar-refractivity contribution is 6.36. The summed E-state index contributed by atoms with van der Waals surface area (Å²) in [7, 11) is 0. The van der Waals surface area contributed by atoms with Gasteiger partial charge in [-0.25, -0.2) is 15.1 Å². The van der Waals surface area contributed by atoms with E-state index in [2.05, 4.69) is 15.8 Å². The summed E-state index contributed by atoms with van der Waals surface area (Å²) in [5.74, 6) is -3.50. The molecule has 4 aliphatic heterocycles. The summed E-state index contributed by atoms with van der Waals surface area (Å²) in [5.41, 5.74) is -3.01. The molecule has 0 unspecified atom stereocenters. The van der Waals surface area contributed by atoms with Gasteiger partial charge in [0.05, 0.1) is 41.2 Å². The Morgan fingerprint density at radius 2 is 1.06 bits per heavy atom. The monoisotopic (exact) mass is 1230 g/mol. The maximum atomic E-state index is 14.3. The lowest BCUT2D eigenvalue weighted by atomic mass is 9.86. The summed E-state index contributed by atoms with van der Waals surface area (Å²) in [6.45, 7) is 6.47. The molecule has 0 bridgehead atoms. The van der Waals surface area contributed by atoms with Crippen LogP contribution in [0.25, 0.3) is 0 Å². The van der Waals surface area contributed by atoms with Crippen LogP contribution in [0, 0.1) is 11.8 Å². The summed E-state index contributed by atoms with van der Waals surface area (Å²) in [5, 5.41) is 15.9. The van der Waals surface area contributed by atoms with E-state index in [-0.39, 0.29) is 119 Å². The van der Waals surface area contributed by atoms with E-state index in [0.717, 1.165) is 29.3 Å². The number of hydroxylamine groups is 3. The maximum absolute atomic E-state index is 14.3. The molecule has 4 atom stereocenters. The van der Waals surface area contributed by atoms with Gasteiger partial charge in [-0.05, 0) is 81.4 Å². The second-order valence-electron chi connectivity index (χ2n) is 18.8. The van der Waals surface area contributed by atoms with Crippen molar-refractivity contribution in [3.8, 4) is 0 Å². The third kappa shape index (κ3) is 15.0. The number of amides is 1. The van der Waals surface area contributed by atoms with Crippen molar-refractivity contribution in [2.45, 2.75) is 81.8 Å². The van der Waals surface area contributed by atoms with Gasteiger partial charge >= 0.3 is 30.6 Å². The highest BCUT2D eigenvalue weighted by Gasteiger charge is 2.63. The van der Waals surface area contributed by atoms with E-state index in [4.69, 9.17) is 104 Å². The van der Waals surface area contributed by atoms with Crippen molar-refractivity contribution in [2.75, 3.05) is 26.3 Å². The van der Waals surface area contributed by atoms with Gasteiger partial charge in [0, 0.05) is 97.5 Å². The van der Waals surface area contributed by atoms with Crippen LogP contribution in [0.3, 0.4) is 0 Å². The Labute approximate surface area is 467 Å². The predicted molar refractivity (Wildman–Crippen MR) is 267 cm³/mol. The van der Waals surface area contributed by atoms with Crippen molar-refractivity contribution in [3.63, 3.8) is 0 Å². The average molecular weight is 1230 g/mol. The molecule has 78 heavy (non-hydrogen) atoms. The molecular weight excluding hydrogens is 1190 g/mol. The number of hydrogen-bond donors (Lipinski definition) is 2. The fourth-order valence-corrected chi connectivity index (χ4v) is 9.54. The summed E-state index contributed by atoms with van der Waals surface area (Å²) >= 11 is 36.4. The Bertz CT molecular complexity index is 2970. The molecule has 0 radical (unpaired) electrons. The van der Waals surface area contributed by atoms with Crippen LogP contribution >= 0.6 is 69.6 Å². The van der Waals surface area contributed by atoms with Gasteiger partial charge in [-0.3, -0.25) is 14.4 Å². The first-order chi connectivity index (χ1) is 36.1. The van der Waals surface area contributed by atoms with Crippen LogP contribution in [0.4, 0.5) is 44.3 Å². The van der Waals surface area contributed by atoms with Crippen LogP contribution in [-0.2, 0) is 40.1 Å². The standard InChI is InChI=1S/C26H24Cl3F3N2O5.C21H16Cl3F3N2O3.C2HF3O2/c1-24(2,3)38-23(36)34-12-14(13-37-34)6-22(35)19-5-4-15(7-20(19)29)21-11-25(39-33-21,26(30,31)32)16-8-17(27)10-18(28)9-16;22-14-5-13(6-15(23)7-14)20(21(25,26)27)8-18(29-32-20)12-1-2-16(17(24)4-12)19(30)3-11-9-28-31-10-11;3-2(4,5)1(6)7/h4-5,7-10,14H,6,11-13H2,1-3H3;1-2,4-7,11,28H,3,8-10H2;(H,6,7)/t14-,25+;11-,20+;/m11./s1. The number of alkyl halides is 9. The average Bonchev–Trinajstić information content (AvgIpc) is 4.36. The van der Waals surface area contributed by atoms with Crippen LogP contribution in [0.1, 0.15) is 89.4 Å². The maximum Gasteiger partial charge on any atom is 0.490 e. The SMILES string of the molecule is CC(C)(C)OC(=O)N1C[C@@H](CC(=O)c2ccc(C3=NO[C@@](c4cc(Cl)cc(Cl)c4)(C(F)(F)F)C3)cc2Cl)CO1.O=C(C[C@@H]1CNOC1)c1ccc(C2=NO[C@@](c3cc(Cl)cc(Cl)c3)(C(F)(F)F)C2)cc1Cl.O=C(O)C(F)(F)F. The van der Waals surface area contributed by atoms with Gasteiger partial charge in [0.1, 0.15) is 5.60 Å². The smallest absolute Gasteiger partial charge is 0.475 e. The number of benzene rings is 4. The molecule has 4 aliphatic rings. The molecule has 2 N–H and O–H groups in total. The number of halogens is 15. The van der Waals surface area contributed by atoms with Crippen LogP contribution in [0.2, 0.25) is 30.1 Å². The van der Waals surface area contributed by atoms with E-state index < -0.39 is 60.2 Å². The van der Waals surface area contributed by atoms with Crippen molar-refractivity contribution >= 4 is 105 Å². The molecule has 0 aliphatic carbocycles. The summed E-state index contributed by atoms with van der Waals surface area (Å²) in [4.78, 5) is 67.0. The lowest BCUT2D eigenvalue weighted by Crippen LogP contribution is -2.42. The molecule has 14 nitrogen and oxygen atoms in total. The second kappa shape index (κ2) is 24.3. The number of aliphatic carboxylic acids is 1. The number of nitrogens with zero attached hydrogens (tertiary/aromatic N) is 3. The molecule has 29 heteroatoms. The highest BCUT2D eigenvalue weighted by Crippen LogP contribution is 2.51. The van der Waals surface area contributed by atoms with Gasteiger partial charge in [-0.1, -0.05) is 92.0 Å². The fraction of sp³-hybridized carbons (Fsp3) is 0.388. The zero-order valence-electron chi connectivity index (χ0n) is 40.4. The number of carbonyl (C=O) groups is 4. The summed E-state index contributed by atoms with van der Waals surface area (Å²) < 4.78 is 122. The third-order valence-electron chi connectivity index (χ3n) is 11.7. The number of hydrogen-bond acceptors (Lipinski definition) is 12. The van der Waals surface area contributed by atoms with Gasteiger partial charge < -0.3 is 24.4 Å². The van der Waals surface area contributed by atoms with Crippen LogP contribution < -0.4 is 5.48 Å². The minimum atomic E-state index is -5.08. The van der Waals surface area contributed by atoms with Crippen LogP contribution in [0.5, 0.6) is 0 Å². The molecule has 4 aromatic rings. The van der Waals surface area contributed by atoms with E-state index in [1.807, 2.05) is 0 Å². The lowest BCUT2D eigenvalue weighted by molar-refractivity contribution is -0.276. The predicted octanol–water partition coefficient (Wildman–Crippen LogP) is 14.2. The van der Waals surface area contributed by atoms with Crippen molar-refractivity contribution in [1.82, 2.24) is 10.5 Å². The number of oxime groups is 2. The van der Waals surface area contributed by atoms with Crippen molar-refractivity contribution in [3.05, 3.63) is 136 Å². The normalized spacial score (nSPS) is 21.3. The first-order valence-corrected chi connectivity index (χ1v) is 24.9. The van der Waals surface area contributed by atoms with Gasteiger partial charge in [-0.15, -0.1) is 0 Å². The molecule has 422 valence electrons. The van der Waals surface area contributed by atoms with Gasteiger partial charge in [0.25, 0.3) is 11.2 Å². The van der Waals surface area contributed by atoms with Crippen molar-refractivity contribution in [2.24, 2.45) is 22.1 Å². The van der Waals surface area contributed by atoms with Gasteiger partial charge in [0.15, 0.2) is 11.6 Å². The number of carbonyl (C=O) groups excluding carboxylic acids is 3. The number of rotatable bonds is 10. The Morgan fingerprint density at radius 1 is 0.654 bits per heavy atom. The number of carboxylic acid groups (broad SMARTS) is 1. The molecule has 1 amide bonds.